The summed E-state index contributed by atoms with van der Waals surface area (Å²) in [6, 6.07) is -2.30. The number of aliphatic carboxylic acids is 1. The fourth-order valence-corrected chi connectivity index (χ4v) is 2.58. The molecule has 0 aliphatic carbocycles. The van der Waals surface area contributed by atoms with Gasteiger partial charge in [-0.25, -0.2) is 5.48 Å². The summed E-state index contributed by atoms with van der Waals surface area (Å²) in [4.78, 5) is 47.5. The van der Waals surface area contributed by atoms with E-state index in [4.69, 9.17) is 16.0 Å². The van der Waals surface area contributed by atoms with E-state index in [0.29, 0.717) is 6.42 Å². The molecule has 3 atom stereocenters. The van der Waals surface area contributed by atoms with E-state index in [1.54, 1.807) is 20.8 Å². The average Bonchev–Trinajstić information content (AvgIpc) is 2.49. The van der Waals surface area contributed by atoms with Crippen molar-refractivity contribution in [2.75, 3.05) is 0 Å². The van der Waals surface area contributed by atoms with E-state index in [9.17, 15) is 19.2 Å². The molecule has 0 saturated heterocycles. The summed E-state index contributed by atoms with van der Waals surface area (Å²) < 4.78 is 0. The van der Waals surface area contributed by atoms with E-state index in [1.807, 2.05) is 13.8 Å². The Labute approximate surface area is 153 Å². The molecule has 0 saturated carbocycles. The van der Waals surface area contributed by atoms with Crippen molar-refractivity contribution in [3.05, 3.63) is 0 Å². The number of amides is 2. The van der Waals surface area contributed by atoms with Gasteiger partial charge in [0.05, 0.1) is 6.04 Å². The van der Waals surface area contributed by atoms with Gasteiger partial charge in [0.25, 0.3) is 0 Å². The van der Waals surface area contributed by atoms with Crippen LogP contribution in [-0.4, -0.2) is 46.0 Å². The number of rotatable bonds is 10. The third kappa shape index (κ3) is 8.39. The highest BCUT2D eigenvalue weighted by Gasteiger charge is 2.36. The highest BCUT2D eigenvalue weighted by molar-refractivity contribution is 5.94. The first-order valence-corrected chi connectivity index (χ1v) is 8.54. The van der Waals surface area contributed by atoms with Gasteiger partial charge in [0.1, 0.15) is 6.04 Å². The van der Waals surface area contributed by atoms with Crippen LogP contribution < -0.4 is 16.5 Å². The number of ketones is 1. The third-order valence-electron chi connectivity index (χ3n) is 3.90. The van der Waals surface area contributed by atoms with Crippen LogP contribution in [0.4, 0.5) is 0 Å². The number of carboxylic acid groups (broad SMARTS) is 1. The lowest BCUT2D eigenvalue weighted by atomic mass is 9.81. The van der Waals surface area contributed by atoms with E-state index < -0.39 is 53.4 Å². The first-order valence-electron chi connectivity index (χ1n) is 8.54. The van der Waals surface area contributed by atoms with Crippen molar-refractivity contribution in [1.29, 1.82) is 0 Å². The molecule has 0 bridgehead atoms. The second-order valence-corrected chi connectivity index (χ2v) is 7.99. The van der Waals surface area contributed by atoms with E-state index in [-0.39, 0.29) is 12.3 Å². The molecule has 6 N–H and O–H groups in total. The van der Waals surface area contributed by atoms with Crippen molar-refractivity contribution >= 4 is 23.6 Å². The second kappa shape index (κ2) is 10.2. The summed E-state index contributed by atoms with van der Waals surface area (Å²) in [5.41, 5.74) is 6.25. The van der Waals surface area contributed by atoms with Crippen molar-refractivity contribution in [1.82, 2.24) is 10.8 Å². The first-order chi connectivity index (χ1) is 11.8. The van der Waals surface area contributed by atoms with Gasteiger partial charge in [-0.1, -0.05) is 34.6 Å². The molecule has 0 radical (unpaired) electrons. The molecule has 2 amide bonds. The van der Waals surface area contributed by atoms with Crippen molar-refractivity contribution < 1.29 is 29.5 Å². The minimum absolute atomic E-state index is 0.112. The number of carboxylic acids is 1. The number of hydroxylamine groups is 1. The van der Waals surface area contributed by atoms with Crippen LogP contribution in [0.5, 0.6) is 0 Å². The van der Waals surface area contributed by atoms with E-state index in [2.05, 4.69) is 5.32 Å². The molecular weight excluding hydrogens is 342 g/mol. The van der Waals surface area contributed by atoms with Gasteiger partial charge in [-0.3, -0.25) is 24.4 Å². The zero-order chi connectivity index (χ0) is 20.7. The molecule has 0 aromatic rings. The van der Waals surface area contributed by atoms with Crippen LogP contribution in [-0.2, 0) is 19.2 Å². The Morgan fingerprint density at radius 1 is 1.08 bits per heavy atom. The normalized spacial score (nSPS) is 15.1. The topological polar surface area (TPSA) is 159 Å². The smallest absolute Gasteiger partial charge is 0.320 e. The lowest BCUT2D eigenvalue weighted by Gasteiger charge is -2.32. The van der Waals surface area contributed by atoms with Gasteiger partial charge in [-0.2, -0.15) is 0 Å². The van der Waals surface area contributed by atoms with Gasteiger partial charge in [-0.15, -0.1) is 0 Å². The van der Waals surface area contributed by atoms with Crippen LogP contribution in [0.25, 0.3) is 0 Å². The van der Waals surface area contributed by atoms with Gasteiger partial charge < -0.3 is 16.2 Å². The van der Waals surface area contributed by atoms with Gasteiger partial charge in [0.15, 0.2) is 5.78 Å². The van der Waals surface area contributed by atoms with E-state index >= 15 is 0 Å². The quantitative estimate of drug-likeness (QED) is 0.274. The maximum absolute atomic E-state index is 12.6. The molecule has 0 spiro atoms. The average molecular weight is 373 g/mol. The van der Waals surface area contributed by atoms with Gasteiger partial charge in [-0.05, 0) is 17.8 Å². The fourth-order valence-electron chi connectivity index (χ4n) is 2.58. The molecule has 0 rings (SSSR count). The Morgan fingerprint density at radius 2 is 1.62 bits per heavy atom. The molecule has 0 aliphatic rings. The van der Waals surface area contributed by atoms with Crippen LogP contribution in [0.3, 0.4) is 0 Å². The van der Waals surface area contributed by atoms with Crippen LogP contribution in [0.1, 0.15) is 53.9 Å². The van der Waals surface area contributed by atoms with Gasteiger partial charge >= 0.3 is 5.97 Å². The number of hydrogen-bond donors (Lipinski definition) is 5. The number of nitrogens with one attached hydrogen (secondary N) is 2. The van der Waals surface area contributed by atoms with Gasteiger partial charge in [0.2, 0.25) is 11.8 Å². The monoisotopic (exact) mass is 373 g/mol. The SMILES string of the molecule is CC(C)C[C@@H](CC(=O)NO)C(=O)N[C@H](C(=O)C[C@H](N)C(=O)O)C(C)(C)C. The summed E-state index contributed by atoms with van der Waals surface area (Å²) in [6.07, 6.45) is -0.247. The molecule has 0 aromatic carbocycles. The Hall–Kier alpha value is -2.00. The number of Topliss-reactive ketones (excluding diaryl/α,β-unsaturated/α-hetero) is 1. The van der Waals surface area contributed by atoms with Crippen LogP contribution >= 0.6 is 0 Å². The fraction of sp³-hybridized carbons (Fsp3) is 0.765. The zero-order valence-corrected chi connectivity index (χ0v) is 16.0. The molecule has 0 aromatic heterocycles. The molecular formula is C17H31N3O6. The lowest BCUT2D eigenvalue weighted by molar-refractivity contribution is -0.141. The highest BCUT2D eigenvalue weighted by atomic mass is 16.5. The van der Waals surface area contributed by atoms with Crippen LogP contribution in [0.15, 0.2) is 0 Å². The van der Waals surface area contributed by atoms with Crippen molar-refractivity contribution in [3.63, 3.8) is 0 Å². The summed E-state index contributed by atoms with van der Waals surface area (Å²) in [6.45, 7) is 8.98. The Kier molecular flexibility index (Phi) is 9.44. The number of hydrogen-bond acceptors (Lipinski definition) is 6. The number of nitrogens with two attached hydrogens (primary N) is 1. The molecule has 0 fully saturated rings. The Bertz CT molecular complexity index is 527. The van der Waals surface area contributed by atoms with Crippen molar-refractivity contribution in [2.45, 2.75) is 66.0 Å². The summed E-state index contributed by atoms with van der Waals surface area (Å²) in [5, 5.41) is 20.2. The summed E-state index contributed by atoms with van der Waals surface area (Å²) in [5.74, 6) is -3.60. The minimum atomic E-state index is -1.35. The Balaban J connectivity index is 5.33. The predicted octanol–water partition coefficient (Wildman–Crippen LogP) is 0.446. The first kappa shape index (κ1) is 24.0. The largest absolute Gasteiger partial charge is 0.480 e. The van der Waals surface area contributed by atoms with Crippen LogP contribution in [0.2, 0.25) is 0 Å². The lowest BCUT2D eigenvalue weighted by Crippen LogP contribution is -2.52. The number of carbonyl (C=O) groups excluding carboxylic acids is 3. The summed E-state index contributed by atoms with van der Waals surface area (Å²) >= 11 is 0. The molecule has 9 heteroatoms. The Morgan fingerprint density at radius 3 is 2.00 bits per heavy atom. The van der Waals surface area contributed by atoms with Crippen molar-refractivity contribution in [2.24, 2.45) is 23.0 Å². The van der Waals surface area contributed by atoms with Gasteiger partial charge in [0, 0.05) is 18.8 Å². The standard InChI is InChI=1S/C17H31N3O6/c1-9(2)6-10(7-13(22)20-26)15(23)19-14(17(3,4)5)12(21)8-11(18)16(24)25/h9-11,14,26H,6-8,18H2,1-5H3,(H,19,23)(H,20,22)(H,24,25)/t10-,11-,14+/m0/s1. The predicted molar refractivity (Wildman–Crippen MR) is 94.1 cm³/mol. The highest BCUT2D eigenvalue weighted by Crippen LogP contribution is 2.23. The van der Waals surface area contributed by atoms with Crippen LogP contribution in [0, 0.1) is 17.3 Å². The minimum Gasteiger partial charge on any atom is -0.480 e. The molecule has 26 heavy (non-hydrogen) atoms. The summed E-state index contributed by atoms with van der Waals surface area (Å²) in [7, 11) is 0. The molecule has 0 aliphatic heterocycles. The molecule has 150 valence electrons. The molecule has 0 heterocycles. The van der Waals surface area contributed by atoms with E-state index in [1.165, 1.54) is 5.48 Å². The molecule has 9 nitrogen and oxygen atoms in total. The third-order valence-corrected chi connectivity index (χ3v) is 3.90. The zero-order valence-electron chi connectivity index (χ0n) is 16.0. The molecule has 0 unspecified atom stereocenters. The van der Waals surface area contributed by atoms with E-state index in [0.717, 1.165) is 0 Å². The second-order valence-electron chi connectivity index (χ2n) is 7.99. The number of carbonyl (C=O) groups is 4. The maximum Gasteiger partial charge on any atom is 0.320 e. The van der Waals surface area contributed by atoms with Crippen molar-refractivity contribution in [3.8, 4) is 0 Å². The maximum atomic E-state index is 12.6.